The normalized spacial score (nSPS) is 31.1. The molecular weight excluding hydrogens is 278 g/mol. The first kappa shape index (κ1) is 15.4. The van der Waals surface area contributed by atoms with Crippen molar-refractivity contribution in [2.24, 2.45) is 16.3 Å². The minimum atomic E-state index is -0.900. The van der Waals surface area contributed by atoms with Gasteiger partial charge in [0.05, 0.1) is 0 Å². The molecule has 0 aromatic carbocycles. The second kappa shape index (κ2) is 6.22. The van der Waals surface area contributed by atoms with Crippen LogP contribution in [0.15, 0.2) is 5.16 Å². The average Bonchev–Trinajstić information content (AvgIpc) is 2.49. The van der Waals surface area contributed by atoms with Gasteiger partial charge in [-0.05, 0) is 19.8 Å². The number of hydrogen-bond donors (Lipinski definition) is 2. The maximum atomic E-state index is 13.0. The van der Waals surface area contributed by atoms with Crippen molar-refractivity contribution >= 4 is 23.5 Å². The number of rotatable bonds is 2. The Kier molecular flexibility index (Phi) is 4.80. The molecule has 2 rings (SSSR count). The molecular formula is C13H23N3O3S. The molecule has 0 aromatic heterocycles. The van der Waals surface area contributed by atoms with Gasteiger partial charge in [0.25, 0.3) is 0 Å². The summed E-state index contributed by atoms with van der Waals surface area (Å²) in [6.45, 7) is 5.85. The Morgan fingerprint density at radius 1 is 1.45 bits per heavy atom. The van der Waals surface area contributed by atoms with Crippen LogP contribution < -0.4 is 5.73 Å². The Labute approximate surface area is 123 Å². The first-order valence-corrected chi connectivity index (χ1v) is 8.06. The van der Waals surface area contributed by atoms with Crippen molar-refractivity contribution in [1.29, 1.82) is 0 Å². The van der Waals surface area contributed by atoms with E-state index < -0.39 is 5.41 Å². The minimum Gasteiger partial charge on any atom is -0.409 e. The maximum absolute atomic E-state index is 13.0. The van der Waals surface area contributed by atoms with Crippen LogP contribution in [-0.4, -0.2) is 58.7 Å². The maximum Gasteiger partial charge on any atom is 0.237 e. The van der Waals surface area contributed by atoms with E-state index in [2.05, 4.69) is 19.0 Å². The second-order valence-electron chi connectivity index (χ2n) is 5.49. The Balaban J connectivity index is 2.26. The van der Waals surface area contributed by atoms with Crippen LogP contribution in [0.2, 0.25) is 0 Å². The number of oxime groups is 1. The molecule has 2 aliphatic heterocycles. The van der Waals surface area contributed by atoms with Gasteiger partial charge in [-0.25, -0.2) is 0 Å². The number of thioether (sulfide) groups is 1. The molecule has 2 unspecified atom stereocenters. The highest BCUT2D eigenvalue weighted by molar-refractivity contribution is 8.00. The number of carbonyl (C=O) groups excluding carboxylic acids is 1. The van der Waals surface area contributed by atoms with E-state index in [-0.39, 0.29) is 17.8 Å². The van der Waals surface area contributed by atoms with E-state index in [4.69, 9.17) is 15.7 Å². The molecule has 0 spiro atoms. The molecule has 0 aliphatic carbocycles. The number of nitrogens with zero attached hydrogens (tertiary/aromatic N) is 2. The number of amides is 1. The average molecular weight is 301 g/mol. The van der Waals surface area contributed by atoms with Gasteiger partial charge < -0.3 is 20.6 Å². The van der Waals surface area contributed by atoms with Crippen LogP contribution in [-0.2, 0) is 9.53 Å². The van der Waals surface area contributed by atoms with Crippen LogP contribution >= 0.6 is 11.8 Å². The first-order valence-electron chi connectivity index (χ1n) is 7.01. The van der Waals surface area contributed by atoms with Gasteiger partial charge in [0.15, 0.2) is 5.84 Å². The number of ether oxygens (including phenoxy) is 1. The van der Waals surface area contributed by atoms with Gasteiger partial charge in [0.2, 0.25) is 5.91 Å². The minimum absolute atomic E-state index is 0.0175. The van der Waals surface area contributed by atoms with E-state index in [0.29, 0.717) is 31.3 Å². The van der Waals surface area contributed by atoms with Crippen LogP contribution in [0.25, 0.3) is 0 Å². The monoisotopic (exact) mass is 301 g/mol. The van der Waals surface area contributed by atoms with Crippen molar-refractivity contribution in [2.45, 2.75) is 38.0 Å². The summed E-state index contributed by atoms with van der Waals surface area (Å²) in [4.78, 5) is 14.9. The second-order valence-corrected chi connectivity index (χ2v) is 6.98. The number of hydrogen-bond acceptors (Lipinski definition) is 5. The molecule has 7 heteroatoms. The zero-order valence-electron chi connectivity index (χ0n) is 12.0. The topological polar surface area (TPSA) is 88.2 Å². The third-order valence-corrected chi connectivity index (χ3v) is 5.84. The zero-order chi connectivity index (χ0) is 14.8. The molecule has 2 saturated heterocycles. The van der Waals surface area contributed by atoms with Crippen LogP contribution in [0.5, 0.6) is 0 Å². The fourth-order valence-electron chi connectivity index (χ4n) is 2.89. The molecule has 0 aromatic rings. The Hall–Kier alpha value is -0.950. The highest BCUT2D eigenvalue weighted by atomic mass is 32.2. The number of amidine groups is 1. The molecule has 3 N–H and O–H groups in total. The van der Waals surface area contributed by atoms with Gasteiger partial charge >= 0.3 is 0 Å². The Bertz CT molecular complexity index is 396. The summed E-state index contributed by atoms with van der Waals surface area (Å²) in [5.74, 6) is 0.930. The van der Waals surface area contributed by atoms with Crippen LogP contribution in [0.3, 0.4) is 0 Å². The van der Waals surface area contributed by atoms with E-state index in [1.54, 1.807) is 0 Å². The summed E-state index contributed by atoms with van der Waals surface area (Å²) in [6, 6.07) is 0.160. The zero-order valence-corrected chi connectivity index (χ0v) is 12.9. The lowest BCUT2D eigenvalue weighted by Gasteiger charge is -2.44. The van der Waals surface area contributed by atoms with Crippen molar-refractivity contribution in [3.63, 3.8) is 0 Å². The van der Waals surface area contributed by atoms with Crippen LogP contribution in [0.4, 0.5) is 0 Å². The SMILES string of the molecule is CC1SCCN(C(=O)C2(C(N)=NO)CCOCC2)C1C. The molecule has 0 saturated carbocycles. The summed E-state index contributed by atoms with van der Waals surface area (Å²) in [5, 5.41) is 12.6. The van der Waals surface area contributed by atoms with Gasteiger partial charge in [-0.1, -0.05) is 12.1 Å². The number of carbonyl (C=O) groups is 1. The summed E-state index contributed by atoms with van der Waals surface area (Å²) >= 11 is 1.88. The fourth-order valence-corrected chi connectivity index (χ4v) is 3.99. The van der Waals surface area contributed by atoms with Crippen molar-refractivity contribution in [3.05, 3.63) is 0 Å². The molecule has 114 valence electrons. The van der Waals surface area contributed by atoms with Crippen molar-refractivity contribution in [3.8, 4) is 0 Å². The molecule has 2 atom stereocenters. The summed E-state index contributed by atoms with van der Waals surface area (Å²) in [6.07, 6.45) is 0.957. The van der Waals surface area contributed by atoms with Gasteiger partial charge in [-0.3, -0.25) is 4.79 Å². The predicted octanol–water partition coefficient (Wildman–Crippen LogP) is 0.882. The van der Waals surface area contributed by atoms with Crippen LogP contribution in [0.1, 0.15) is 26.7 Å². The highest BCUT2D eigenvalue weighted by Crippen LogP contribution is 2.36. The van der Waals surface area contributed by atoms with E-state index in [9.17, 15) is 4.79 Å². The Morgan fingerprint density at radius 3 is 2.70 bits per heavy atom. The smallest absolute Gasteiger partial charge is 0.237 e. The largest absolute Gasteiger partial charge is 0.409 e. The lowest BCUT2D eigenvalue weighted by atomic mass is 9.77. The quantitative estimate of drug-likeness (QED) is 0.342. The predicted molar refractivity (Wildman–Crippen MR) is 79.0 cm³/mol. The lowest BCUT2D eigenvalue weighted by molar-refractivity contribution is -0.144. The van der Waals surface area contributed by atoms with Crippen molar-refractivity contribution in [2.75, 3.05) is 25.5 Å². The summed E-state index contributed by atoms with van der Waals surface area (Å²) in [5.41, 5.74) is 4.96. The van der Waals surface area contributed by atoms with E-state index >= 15 is 0 Å². The van der Waals surface area contributed by atoms with Crippen molar-refractivity contribution in [1.82, 2.24) is 4.90 Å². The van der Waals surface area contributed by atoms with Gasteiger partial charge in [0.1, 0.15) is 5.41 Å². The van der Waals surface area contributed by atoms with E-state index in [1.807, 2.05) is 16.7 Å². The third-order valence-electron chi connectivity index (χ3n) is 4.50. The van der Waals surface area contributed by atoms with Gasteiger partial charge in [-0.15, -0.1) is 0 Å². The molecule has 0 bridgehead atoms. The van der Waals surface area contributed by atoms with Gasteiger partial charge in [0, 0.05) is 36.8 Å². The Morgan fingerprint density at radius 2 is 2.10 bits per heavy atom. The van der Waals surface area contributed by atoms with E-state index in [0.717, 1.165) is 12.3 Å². The molecule has 1 amide bonds. The highest BCUT2D eigenvalue weighted by Gasteiger charge is 2.48. The number of nitrogens with two attached hydrogens (primary N) is 1. The van der Waals surface area contributed by atoms with Crippen molar-refractivity contribution < 1.29 is 14.7 Å². The molecule has 2 fully saturated rings. The molecule has 6 nitrogen and oxygen atoms in total. The molecule has 2 heterocycles. The lowest BCUT2D eigenvalue weighted by Crippen LogP contribution is -2.58. The third kappa shape index (κ3) is 2.61. The van der Waals surface area contributed by atoms with Gasteiger partial charge in [-0.2, -0.15) is 11.8 Å². The first-order chi connectivity index (χ1) is 9.53. The molecule has 20 heavy (non-hydrogen) atoms. The summed E-state index contributed by atoms with van der Waals surface area (Å²) in [7, 11) is 0. The molecule has 0 radical (unpaired) electrons. The fraction of sp³-hybridized carbons (Fsp3) is 0.846. The standard InChI is InChI=1S/C13H23N3O3S/c1-9-10(2)20-8-5-16(9)12(17)13(11(14)15-18)3-6-19-7-4-13/h9-10,18H,3-8H2,1-2H3,(H2,14,15). The van der Waals surface area contributed by atoms with Crippen LogP contribution in [0, 0.1) is 5.41 Å². The van der Waals surface area contributed by atoms with E-state index in [1.165, 1.54) is 0 Å². The summed E-state index contributed by atoms with van der Waals surface area (Å²) < 4.78 is 5.34. The molecule has 2 aliphatic rings.